The molecular weight excluding hydrogens is 488 g/mol. The van der Waals surface area contributed by atoms with Crippen molar-refractivity contribution in [1.29, 1.82) is 0 Å². The first-order valence-electron chi connectivity index (χ1n) is 11.9. The third-order valence-electron chi connectivity index (χ3n) is 6.09. The monoisotopic (exact) mass is 518 g/mol. The van der Waals surface area contributed by atoms with Crippen LogP contribution in [-0.2, 0) is 19.6 Å². The van der Waals surface area contributed by atoms with Crippen LogP contribution in [0.2, 0.25) is 0 Å². The van der Waals surface area contributed by atoms with Crippen molar-refractivity contribution < 1.29 is 18.0 Å². The zero-order chi connectivity index (χ0) is 26.7. The van der Waals surface area contributed by atoms with Crippen molar-refractivity contribution in [3.8, 4) is 0 Å². The molecule has 192 valence electrons. The lowest BCUT2D eigenvalue weighted by atomic mass is 10.00. The van der Waals surface area contributed by atoms with Gasteiger partial charge in [-0.1, -0.05) is 48.5 Å². The number of benzene rings is 3. The largest absolute Gasteiger partial charge is 0.354 e. The number of amides is 2. The minimum Gasteiger partial charge on any atom is -0.354 e. The van der Waals surface area contributed by atoms with Gasteiger partial charge in [0.1, 0.15) is 6.54 Å². The average molecular weight is 519 g/mol. The number of likely N-dealkylation sites (N-methyl/N-ethyl adjacent to an activating group) is 1. The summed E-state index contributed by atoms with van der Waals surface area (Å²) in [5.74, 6) is -0.533. The second-order valence-electron chi connectivity index (χ2n) is 9.18. The van der Waals surface area contributed by atoms with Crippen molar-refractivity contribution >= 4 is 50.2 Å². The molecule has 2 amide bonds. The Labute approximate surface area is 217 Å². The Hall–Kier alpha value is -4.11. The minimum absolute atomic E-state index is 0.208. The molecule has 4 rings (SSSR count). The van der Waals surface area contributed by atoms with Gasteiger partial charge in [-0.3, -0.25) is 13.9 Å². The van der Waals surface area contributed by atoms with Crippen LogP contribution in [-0.4, -0.2) is 51.0 Å². The number of anilines is 3. The molecule has 3 aromatic carbocycles. The fourth-order valence-electron chi connectivity index (χ4n) is 3.95. The van der Waals surface area contributed by atoms with Crippen molar-refractivity contribution in [3.05, 3.63) is 90.0 Å². The summed E-state index contributed by atoms with van der Waals surface area (Å²) in [5.41, 5.74) is 4.56. The maximum absolute atomic E-state index is 13.1. The zero-order valence-electron chi connectivity index (χ0n) is 21.2. The molecule has 8 nitrogen and oxygen atoms in total. The second kappa shape index (κ2) is 10.5. The first-order valence-corrected chi connectivity index (χ1v) is 13.4. The number of carbonyl (C=O) groups excluding carboxylic acids is 2. The van der Waals surface area contributed by atoms with E-state index in [1.807, 2.05) is 54.6 Å². The van der Waals surface area contributed by atoms with Crippen LogP contribution in [0.1, 0.15) is 25.0 Å². The summed E-state index contributed by atoms with van der Waals surface area (Å²) >= 11 is 0. The fourth-order valence-corrected chi connectivity index (χ4v) is 5.17. The lowest BCUT2D eigenvalue weighted by Gasteiger charge is -2.27. The number of nitrogens with one attached hydrogen (secondary N) is 2. The summed E-state index contributed by atoms with van der Waals surface area (Å²) in [6, 6.07) is 23.8. The second-order valence-corrected chi connectivity index (χ2v) is 11.6. The van der Waals surface area contributed by atoms with Crippen LogP contribution < -0.4 is 14.9 Å². The number of carbonyl (C=O) groups is 2. The summed E-state index contributed by atoms with van der Waals surface area (Å²) in [6.45, 7) is 2.87. The number of sulfonamides is 1. The Morgan fingerprint density at radius 2 is 1.54 bits per heavy atom. The Bertz CT molecular complexity index is 1450. The number of para-hydroxylation sites is 1. The summed E-state index contributed by atoms with van der Waals surface area (Å²) in [7, 11) is -0.573. The van der Waals surface area contributed by atoms with E-state index in [-0.39, 0.29) is 18.4 Å². The maximum atomic E-state index is 13.1. The SMILES string of the molecule is CC(C)S(=O)(=O)N(CC(=O)N(C)C)c1ccc(N/C(=C2\C(=O)Nc3ccccc32)c2ccccc2)cc1. The molecule has 2 N–H and O–H groups in total. The van der Waals surface area contributed by atoms with E-state index in [0.717, 1.165) is 21.1 Å². The Morgan fingerprint density at radius 1 is 0.919 bits per heavy atom. The summed E-state index contributed by atoms with van der Waals surface area (Å²) < 4.78 is 27.2. The van der Waals surface area contributed by atoms with Crippen molar-refractivity contribution in [2.45, 2.75) is 19.1 Å². The number of fused-ring (bicyclic) bond motifs is 1. The molecule has 1 aliphatic heterocycles. The minimum atomic E-state index is -3.75. The smallest absolute Gasteiger partial charge is 0.258 e. The summed E-state index contributed by atoms with van der Waals surface area (Å²) in [6.07, 6.45) is 0. The van der Waals surface area contributed by atoms with Gasteiger partial charge in [0, 0.05) is 31.0 Å². The molecule has 3 aromatic rings. The highest BCUT2D eigenvalue weighted by Gasteiger charge is 2.30. The number of hydrogen-bond donors (Lipinski definition) is 2. The lowest BCUT2D eigenvalue weighted by molar-refractivity contribution is -0.127. The first-order chi connectivity index (χ1) is 17.6. The molecule has 1 heterocycles. The van der Waals surface area contributed by atoms with Gasteiger partial charge in [-0.15, -0.1) is 0 Å². The van der Waals surface area contributed by atoms with Crippen molar-refractivity contribution in [3.63, 3.8) is 0 Å². The van der Waals surface area contributed by atoms with Crippen LogP contribution in [0.5, 0.6) is 0 Å². The molecule has 9 heteroatoms. The molecule has 0 radical (unpaired) electrons. The van der Waals surface area contributed by atoms with Gasteiger partial charge in [0.05, 0.1) is 22.2 Å². The van der Waals surface area contributed by atoms with E-state index in [1.54, 1.807) is 52.2 Å². The van der Waals surface area contributed by atoms with Crippen LogP contribution in [0.25, 0.3) is 11.3 Å². The summed E-state index contributed by atoms with van der Waals surface area (Å²) in [4.78, 5) is 26.8. The molecular formula is C28H30N4O4S. The zero-order valence-corrected chi connectivity index (χ0v) is 22.0. The molecule has 0 atom stereocenters. The highest BCUT2D eigenvalue weighted by atomic mass is 32.2. The van der Waals surface area contributed by atoms with Gasteiger partial charge in [0.25, 0.3) is 5.91 Å². The van der Waals surface area contributed by atoms with E-state index in [4.69, 9.17) is 0 Å². The molecule has 0 fully saturated rings. The highest BCUT2D eigenvalue weighted by molar-refractivity contribution is 7.93. The Morgan fingerprint density at radius 3 is 2.16 bits per heavy atom. The van der Waals surface area contributed by atoms with E-state index < -0.39 is 15.3 Å². The Balaban J connectivity index is 1.73. The quantitative estimate of drug-likeness (QED) is 0.435. The maximum Gasteiger partial charge on any atom is 0.258 e. The van der Waals surface area contributed by atoms with Crippen molar-refractivity contribution in [1.82, 2.24) is 4.90 Å². The molecule has 0 aromatic heterocycles. The van der Waals surface area contributed by atoms with Crippen molar-refractivity contribution in [2.75, 3.05) is 35.6 Å². The van der Waals surface area contributed by atoms with Gasteiger partial charge in [0.2, 0.25) is 15.9 Å². The number of hydrogen-bond acceptors (Lipinski definition) is 5. The molecule has 0 unspecified atom stereocenters. The van der Waals surface area contributed by atoms with Crippen LogP contribution in [0.15, 0.2) is 78.9 Å². The van der Waals surface area contributed by atoms with Gasteiger partial charge >= 0.3 is 0 Å². The fraction of sp³-hybridized carbons (Fsp3) is 0.214. The van der Waals surface area contributed by atoms with E-state index in [0.29, 0.717) is 22.6 Å². The van der Waals surface area contributed by atoms with Crippen LogP contribution in [0.3, 0.4) is 0 Å². The molecule has 1 aliphatic rings. The number of nitrogens with zero attached hydrogens (tertiary/aromatic N) is 2. The predicted octanol–water partition coefficient (Wildman–Crippen LogP) is 4.25. The van der Waals surface area contributed by atoms with Gasteiger partial charge < -0.3 is 15.5 Å². The average Bonchev–Trinajstić information content (AvgIpc) is 3.21. The summed E-state index contributed by atoms with van der Waals surface area (Å²) in [5, 5.41) is 5.59. The third kappa shape index (κ3) is 5.36. The van der Waals surface area contributed by atoms with Crippen LogP contribution >= 0.6 is 0 Å². The van der Waals surface area contributed by atoms with Gasteiger partial charge in [-0.05, 0) is 49.7 Å². The third-order valence-corrected chi connectivity index (χ3v) is 8.24. The van der Waals surface area contributed by atoms with Gasteiger partial charge in [-0.2, -0.15) is 0 Å². The predicted molar refractivity (Wildman–Crippen MR) is 148 cm³/mol. The molecule has 0 aliphatic carbocycles. The topological polar surface area (TPSA) is 98.8 Å². The van der Waals surface area contributed by atoms with Gasteiger partial charge in [-0.25, -0.2) is 8.42 Å². The van der Waals surface area contributed by atoms with E-state index in [2.05, 4.69) is 10.6 Å². The molecule has 0 saturated carbocycles. The van der Waals surface area contributed by atoms with E-state index in [9.17, 15) is 18.0 Å². The first kappa shape index (κ1) is 26.0. The lowest BCUT2D eigenvalue weighted by Crippen LogP contribution is -2.43. The van der Waals surface area contributed by atoms with E-state index >= 15 is 0 Å². The molecule has 0 saturated heterocycles. The molecule has 0 spiro atoms. The normalized spacial score (nSPS) is 14.1. The number of rotatable bonds is 8. The van der Waals surface area contributed by atoms with Crippen LogP contribution in [0.4, 0.5) is 17.1 Å². The van der Waals surface area contributed by atoms with Gasteiger partial charge in [0.15, 0.2) is 0 Å². The van der Waals surface area contributed by atoms with Crippen LogP contribution in [0, 0.1) is 0 Å². The molecule has 37 heavy (non-hydrogen) atoms. The highest BCUT2D eigenvalue weighted by Crippen LogP contribution is 2.37. The van der Waals surface area contributed by atoms with Crippen molar-refractivity contribution in [2.24, 2.45) is 0 Å². The standard InChI is InChI=1S/C28H30N4O4S/c1-19(2)37(35,36)32(18-25(33)31(3)4)22-16-14-21(15-17-22)29-27(20-10-6-5-7-11-20)26-23-12-8-9-13-24(23)30-28(26)34/h5-17,19,29H,18H2,1-4H3,(H,30,34)/b27-26-. The Kier molecular flexibility index (Phi) is 7.35. The van der Waals surface area contributed by atoms with E-state index in [1.165, 1.54) is 4.90 Å². The molecule has 0 bridgehead atoms.